The summed E-state index contributed by atoms with van der Waals surface area (Å²) in [6, 6.07) is 10.8. The molecule has 0 aliphatic rings. The van der Waals surface area contributed by atoms with Gasteiger partial charge in [-0.15, -0.1) is 0 Å². The van der Waals surface area contributed by atoms with E-state index in [1.165, 1.54) is 24.3 Å². The van der Waals surface area contributed by atoms with Gasteiger partial charge in [-0.1, -0.05) is 24.3 Å². The number of nitrogens with two attached hydrogens (primary N) is 4. The molecule has 0 spiro atoms. The third-order valence-electron chi connectivity index (χ3n) is 3.58. The van der Waals surface area contributed by atoms with E-state index < -0.39 is 24.0 Å². The molecule has 2 aromatic carbocycles. The van der Waals surface area contributed by atoms with Crippen molar-refractivity contribution in [1.82, 2.24) is 0 Å². The van der Waals surface area contributed by atoms with E-state index in [2.05, 4.69) is 0 Å². The fourth-order valence-electron chi connectivity index (χ4n) is 1.95. The zero-order valence-corrected chi connectivity index (χ0v) is 17.9. The first-order chi connectivity index (χ1) is 14.1. The van der Waals surface area contributed by atoms with Crippen molar-refractivity contribution in [2.75, 3.05) is 13.1 Å². The Labute approximate surface area is 191 Å². The molecule has 10 nitrogen and oxygen atoms in total. The Bertz CT molecular complexity index is 694. The van der Waals surface area contributed by atoms with Crippen LogP contribution in [0.25, 0.3) is 0 Å². The average molecular weight is 481 g/mol. The summed E-state index contributed by atoms with van der Waals surface area (Å²) in [6.07, 6.45) is 0.547. The van der Waals surface area contributed by atoms with Crippen molar-refractivity contribution in [2.24, 2.45) is 22.9 Å². The topological polar surface area (TPSA) is 219 Å². The number of carboxylic acid groups (broad SMARTS) is 2. The second-order valence-corrected chi connectivity index (χ2v) is 6.21. The molecule has 0 heterocycles. The van der Waals surface area contributed by atoms with Crippen molar-refractivity contribution in [2.45, 2.75) is 24.9 Å². The molecule has 0 saturated carbocycles. The van der Waals surface area contributed by atoms with Gasteiger partial charge in [0.25, 0.3) is 0 Å². The quantitative estimate of drug-likeness (QED) is 0.255. The van der Waals surface area contributed by atoms with Gasteiger partial charge in [0.2, 0.25) is 0 Å². The number of hydrogen-bond donors (Lipinski definition) is 8. The summed E-state index contributed by atoms with van der Waals surface area (Å²) < 4.78 is 0. The van der Waals surface area contributed by atoms with E-state index in [4.69, 9.17) is 43.4 Å². The Kier molecular flexibility index (Phi) is 16.8. The number of rotatable bonds is 7. The van der Waals surface area contributed by atoms with E-state index in [0.29, 0.717) is 13.1 Å². The van der Waals surface area contributed by atoms with Crippen LogP contribution in [-0.2, 0) is 39.2 Å². The van der Waals surface area contributed by atoms with Crippen molar-refractivity contribution < 1.29 is 46.8 Å². The summed E-state index contributed by atoms with van der Waals surface area (Å²) >= 11 is 0. The second kappa shape index (κ2) is 17.1. The van der Waals surface area contributed by atoms with Crippen LogP contribution in [0, 0.1) is 0 Å². The molecular formula is C20H30CoN4O6. The van der Waals surface area contributed by atoms with Crippen LogP contribution in [0.15, 0.2) is 48.5 Å². The minimum absolute atomic E-state index is 0. The zero-order chi connectivity index (χ0) is 23.1. The Morgan fingerprint density at radius 2 is 0.935 bits per heavy atom. The van der Waals surface area contributed by atoms with Crippen LogP contribution < -0.4 is 22.9 Å². The van der Waals surface area contributed by atoms with E-state index >= 15 is 0 Å². The molecule has 2 unspecified atom stereocenters. The maximum Gasteiger partial charge on any atom is 0.320 e. The first-order valence-corrected chi connectivity index (χ1v) is 9.03. The van der Waals surface area contributed by atoms with Gasteiger partial charge in [-0.3, -0.25) is 9.59 Å². The molecule has 2 atom stereocenters. The number of carboxylic acids is 2. The summed E-state index contributed by atoms with van der Waals surface area (Å²) in [5.74, 6) is -1.72. The van der Waals surface area contributed by atoms with Crippen LogP contribution in [0.4, 0.5) is 0 Å². The van der Waals surface area contributed by atoms with Gasteiger partial charge in [0.05, 0.1) is 0 Å². The summed E-state index contributed by atoms with van der Waals surface area (Å²) in [5.41, 5.74) is 22.1. The molecule has 0 bridgehead atoms. The van der Waals surface area contributed by atoms with Crippen molar-refractivity contribution in [3.05, 3.63) is 59.7 Å². The fourth-order valence-corrected chi connectivity index (χ4v) is 1.95. The molecule has 0 aliphatic heterocycles. The Morgan fingerprint density at radius 3 is 1.13 bits per heavy atom. The summed E-state index contributed by atoms with van der Waals surface area (Å²) in [5, 5.41) is 35.0. The van der Waals surface area contributed by atoms with Crippen LogP contribution >= 0.6 is 0 Å². The van der Waals surface area contributed by atoms with Crippen LogP contribution in [-0.4, -0.2) is 57.5 Å². The molecule has 175 valence electrons. The molecule has 0 amide bonds. The molecule has 12 N–H and O–H groups in total. The molecule has 0 fully saturated rings. The number of benzene rings is 2. The molecule has 0 aliphatic carbocycles. The molecule has 0 saturated heterocycles. The molecule has 2 rings (SSSR count). The molecule has 11 heteroatoms. The number of aliphatic carboxylic acids is 2. The summed E-state index contributed by atoms with van der Waals surface area (Å²) in [4.78, 5) is 20.8. The second-order valence-electron chi connectivity index (χ2n) is 6.21. The van der Waals surface area contributed by atoms with E-state index in [-0.39, 0.29) is 41.1 Å². The Morgan fingerprint density at radius 1 is 0.677 bits per heavy atom. The maximum atomic E-state index is 10.4. The number of phenolic OH excluding ortho intramolecular Hbond substituents is 2. The van der Waals surface area contributed by atoms with Crippen LogP contribution in [0.5, 0.6) is 11.5 Å². The van der Waals surface area contributed by atoms with E-state index in [0.717, 1.165) is 11.1 Å². The van der Waals surface area contributed by atoms with Gasteiger partial charge < -0.3 is 43.4 Å². The minimum Gasteiger partial charge on any atom is -0.508 e. The van der Waals surface area contributed by atoms with E-state index in [1.54, 1.807) is 24.3 Å². The van der Waals surface area contributed by atoms with Crippen LogP contribution in [0.1, 0.15) is 11.1 Å². The summed E-state index contributed by atoms with van der Waals surface area (Å²) in [7, 11) is 0. The molecule has 0 aromatic heterocycles. The average Bonchev–Trinajstić information content (AvgIpc) is 2.72. The zero-order valence-electron chi connectivity index (χ0n) is 16.9. The predicted molar refractivity (Wildman–Crippen MR) is 113 cm³/mol. The van der Waals surface area contributed by atoms with Gasteiger partial charge in [-0.05, 0) is 48.2 Å². The largest absolute Gasteiger partial charge is 0.508 e. The SMILES string of the molecule is NC(Cc1ccc(O)cc1)C(=O)O.NC(Cc1ccc(O)cc1)C(=O)O.NCCN.[Co]. The van der Waals surface area contributed by atoms with E-state index in [9.17, 15) is 9.59 Å². The first-order valence-electron chi connectivity index (χ1n) is 9.03. The number of aromatic hydroxyl groups is 2. The number of phenols is 2. The molecular weight excluding hydrogens is 451 g/mol. The van der Waals surface area contributed by atoms with E-state index in [1.807, 2.05) is 0 Å². The Balaban J connectivity index is 0. The number of hydrogen-bond acceptors (Lipinski definition) is 8. The fraction of sp³-hybridized carbons (Fsp3) is 0.300. The molecule has 1 radical (unpaired) electrons. The smallest absolute Gasteiger partial charge is 0.320 e. The first kappa shape index (κ1) is 30.5. The number of carbonyl (C=O) groups is 2. The molecule has 2 aromatic rings. The van der Waals surface area contributed by atoms with Crippen molar-refractivity contribution in [3.8, 4) is 11.5 Å². The van der Waals surface area contributed by atoms with Crippen molar-refractivity contribution in [1.29, 1.82) is 0 Å². The van der Waals surface area contributed by atoms with Gasteiger partial charge in [0, 0.05) is 29.9 Å². The third-order valence-corrected chi connectivity index (χ3v) is 3.58. The van der Waals surface area contributed by atoms with Gasteiger partial charge in [-0.2, -0.15) is 0 Å². The van der Waals surface area contributed by atoms with Crippen LogP contribution in [0.2, 0.25) is 0 Å². The standard InChI is InChI=1S/2C9H11NO3.C2H8N2.Co/c2*10-8(9(12)13)5-6-1-3-7(11)4-2-6;3-1-2-4;/h2*1-4,8,11H,5,10H2,(H,12,13);1-4H2;. The maximum absolute atomic E-state index is 10.4. The monoisotopic (exact) mass is 481 g/mol. The minimum atomic E-state index is -1.02. The van der Waals surface area contributed by atoms with Gasteiger partial charge in [0.1, 0.15) is 23.6 Å². The van der Waals surface area contributed by atoms with Gasteiger partial charge in [0.15, 0.2) is 0 Å². The molecule has 31 heavy (non-hydrogen) atoms. The van der Waals surface area contributed by atoms with Crippen molar-refractivity contribution >= 4 is 11.9 Å². The third kappa shape index (κ3) is 14.9. The van der Waals surface area contributed by atoms with Crippen molar-refractivity contribution in [3.63, 3.8) is 0 Å². The van der Waals surface area contributed by atoms with Gasteiger partial charge >= 0.3 is 11.9 Å². The van der Waals surface area contributed by atoms with Crippen LogP contribution in [0.3, 0.4) is 0 Å². The normalized spacial score (nSPS) is 11.4. The van der Waals surface area contributed by atoms with Gasteiger partial charge in [-0.25, -0.2) is 0 Å². The summed E-state index contributed by atoms with van der Waals surface area (Å²) in [6.45, 7) is 1.19. The Hall–Kier alpha value is -2.67. The predicted octanol–water partition coefficient (Wildman–Crippen LogP) is -0.405.